The molecule has 1 aromatic carbocycles. The first kappa shape index (κ1) is 8.07. The van der Waals surface area contributed by atoms with Gasteiger partial charge in [0.2, 0.25) is 0 Å². The maximum absolute atomic E-state index is 10.9. The second-order valence-electron chi connectivity index (χ2n) is 2.30. The SMILES string of the molecule is CS(=O)(=O)c1ccc([NH])cc1. The Bertz CT molecular complexity index is 339. The molecular weight excluding hydrogens is 162 g/mol. The van der Waals surface area contributed by atoms with Crippen molar-refractivity contribution in [3.05, 3.63) is 24.3 Å². The van der Waals surface area contributed by atoms with Crippen molar-refractivity contribution >= 4 is 15.5 Å². The van der Waals surface area contributed by atoms with Crippen LogP contribution in [0.5, 0.6) is 0 Å². The fraction of sp³-hybridized carbons (Fsp3) is 0.143. The molecule has 1 rings (SSSR count). The van der Waals surface area contributed by atoms with Gasteiger partial charge in [0.25, 0.3) is 0 Å². The maximum atomic E-state index is 10.9. The van der Waals surface area contributed by atoms with Crippen LogP contribution < -0.4 is 5.73 Å². The third kappa shape index (κ3) is 1.94. The fourth-order valence-corrected chi connectivity index (χ4v) is 1.33. The summed E-state index contributed by atoms with van der Waals surface area (Å²) >= 11 is 0. The summed E-state index contributed by atoms with van der Waals surface area (Å²) in [6.07, 6.45) is 1.14. The lowest BCUT2D eigenvalue weighted by Gasteiger charge is -1.96. The van der Waals surface area contributed by atoms with Crippen LogP contribution in [0, 0.1) is 0 Å². The van der Waals surface area contributed by atoms with Crippen LogP contribution in [-0.4, -0.2) is 14.7 Å². The quantitative estimate of drug-likeness (QED) is 0.631. The van der Waals surface area contributed by atoms with Crippen molar-refractivity contribution in [3.8, 4) is 0 Å². The Morgan fingerprint density at radius 2 is 1.64 bits per heavy atom. The first-order valence-corrected chi connectivity index (χ1v) is 4.91. The highest BCUT2D eigenvalue weighted by Crippen LogP contribution is 2.11. The number of rotatable bonds is 1. The molecule has 0 aliphatic rings. The topological polar surface area (TPSA) is 57.9 Å². The third-order valence-corrected chi connectivity index (χ3v) is 2.41. The summed E-state index contributed by atoms with van der Waals surface area (Å²) in [7, 11) is -3.10. The Morgan fingerprint density at radius 1 is 1.18 bits per heavy atom. The van der Waals surface area contributed by atoms with Gasteiger partial charge in [-0.25, -0.2) is 8.42 Å². The van der Waals surface area contributed by atoms with Crippen molar-refractivity contribution in [3.63, 3.8) is 0 Å². The number of sulfone groups is 1. The normalized spacial score (nSPS) is 11.4. The van der Waals surface area contributed by atoms with Crippen LogP contribution in [0.25, 0.3) is 0 Å². The Balaban J connectivity index is 3.20. The minimum Gasteiger partial charge on any atom is -0.301 e. The molecule has 0 saturated carbocycles. The molecule has 0 amide bonds. The van der Waals surface area contributed by atoms with E-state index in [1.165, 1.54) is 24.3 Å². The van der Waals surface area contributed by atoms with E-state index >= 15 is 0 Å². The molecule has 1 aromatic rings. The minimum absolute atomic E-state index is 0.258. The van der Waals surface area contributed by atoms with Crippen molar-refractivity contribution in [2.24, 2.45) is 0 Å². The van der Waals surface area contributed by atoms with Gasteiger partial charge in [0, 0.05) is 6.26 Å². The third-order valence-electron chi connectivity index (χ3n) is 1.28. The van der Waals surface area contributed by atoms with E-state index in [0.29, 0.717) is 5.69 Å². The maximum Gasteiger partial charge on any atom is 0.175 e. The molecule has 0 spiro atoms. The summed E-state index contributed by atoms with van der Waals surface area (Å²) < 4.78 is 21.8. The van der Waals surface area contributed by atoms with Gasteiger partial charge >= 0.3 is 0 Å². The monoisotopic (exact) mass is 170 g/mol. The molecule has 0 atom stereocenters. The molecule has 1 radical (unpaired) electrons. The van der Waals surface area contributed by atoms with E-state index in [-0.39, 0.29) is 4.90 Å². The number of hydrogen-bond acceptors (Lipinski definition) is 2. The van der Waals surface area contributed by atoms with Crippen molar-refractivity contribution in [1.82, 2.24) is 5.73 Å². The van der Waals surface area contributed by atoms with Crippen molar-refractivity contribution in [2.45, 2.75) is 4.90 Å². The Labute approximate surface area is 65.8 Å². The number of nitrogens with one attached hydrogen (secondary N) is 1. The van der Waals surface area contributed by atoms with Crippen LogP contribution in [0.3, 0.4) is 0 Å². The van der Waals surface area contributed by atoms with Crippen molar-refractivity contribution in [2.75, 3.05) is 6.26 Å². The zero-order valence-electron chi connectivity index (χ0n) is 6.03. The van der Waals surface area contributed by atoms with Gasteiger partial charge in [-0.05, 0) is 24.3 Å². The molecule has 0 fully saturated rings. The molecule has 3 nitrogen and oxygen atoms in total. The van der Waals surface area contributed by atoms with Crippen LogP contribution in [0.4, 0.5) is 5.69 Å². The summed E-state index contributed by atoms with van der Waals surface area (Å²) in [5, 5.41) is 0. The van der Waals surface area contributed by atoms with Gasteiger partial charge in [-0.2, -0.15) is 0 Å². The lowest BCUT2D eigenvalue weighted by atomic mass is 10.3. The summed E-state index contributed by atoms with van der Waals surface area (Å²) in [5.41, 5.74) is 7.42. The second-order valence-corrected chi connectivity index (χ2v) is 4.31. The lowest BCUT2D eigenvalue weighted by Crippen LogP contribution is -1.95. The minimum atomic E-state index is -3.10. The Kier molecular flexibility index (Phi) is 1.87. The van der Waals surface area contributed by atoms with Gasteiger partial charge < -0.3 is 5.73 Å². The summed E-state index contributed by atoms with van der Waals surface area (Å²) in [6.45, 7) is 0. The van der Waals surface area contributed by atoms with E-state index in [1.54, 1.807) is 0 Å². The summed E-state index contributed by atoms with van der Waals surface area (Å²) in [4.78, 5) is 0.258. The van der Waals surface area contributed by atoms with Gasteiger partial charge in [-0.1, -0.05) is 0 Å². The summed E-state index contributed by atoms with van der Waals surface area (Å²) in [6, 6.07) is 5.77. The molecule has 0 bridgehead atoms. The summed E-state index contributed by atoms with van der Waals surface area (Å²) in [5.74, 6) is 0. The first-order valence-electron chi connectivity index (χ1n) is 3.02. The molecule has 4 heteroatoms. The van der Waals surface area contributed by atoms with Crippen LogP contribution in [0.2, 0.25) is 0 Å². The smallest absolute Gasteiger partial charge is 0.175 e. The van der Waals surface area contributed by atoms with Gasteiger partial charge in [0.15, 0.2) is 9.84 Å². The molecule has 11 heavy (non-hydrogen) atoms. The van der Waals surface area contributed by atoms with Gasteiger partial charge in [0.1, 0.15) is 0 Å². The van der Waals surface area contributed by atoms with E-state index in [1.807, 2.05) is 0 Å². The van der Waals surface area contributed by atoms with Crippen molar-refractivity contribution in [1.29, 1.82) is 0 Å². The molecule has 0 unspecified atom stereocenters. The molecule has 0 heterocycles. The second kappa shape index (κ2) is 2.54. The van der Waals surface area contributed by atoms with E-state index in [2.05, 4.69) is 0 Å². The van der Waals surface area contributed by atoms with E-state index in [9.17, 15) is 8.42 Å². The highest BCUT2D eigenvalue weighted by molar-refractivity contribution is 7.90. The Hall–Kier alpha value is -1.03. The number of hydrogen-bond donors (Lipinski definition) is 0. The predicted octanol–water partition coefficient (Wildman–Crippen LogP) is 1.00. The average molecular weight is 170 g/mol. The predicted molar refractivity (Wildman–Crippen MR) is 42.3 cm³/mol. The van der Waals surface area contributed by atoms with Crippen LogP contribution in [0.15, 0.2) is 29.2 Å². The van der Waals surface area contributed by atoms with Crippen molar-refractivity contribution < 1.29 is 8.42 Å². The van der Waals surface area contributed by atoms with E-state index < -0.39 is 9.84 Å². The molecule has 59 valence electrons. The molecule has 0 saturated heterocycles. The zero-order chi connectivity index (χ0) is 8.48. The molecule has 1 N–H and O–H groups in total. The largest absolute Gasteiger partial charge is 0.301 e. The molecule has 0 aliphatic carbocycles. The van der Waals surface area contributed by atoms with E-state index in [4.69, 9.17) is 5.73 Å². The lowest BCUT2D eigenvalue weighted by molar-refractivity contribution is 0.602. The Morgan fingerprint density at radius 3 is 2.00 bits per heavy atom. The van der Waals surface area contributed by atoms with Gasteiger partial charge in [-0.15, -0.1) is 0 Å². The highest BCUT2D eigenvalue weighted by Gasteiger charge is 2.04. The van der Waals surface area contributed by atoms with Gasteiger partial charge in [-0.3, -0.25) is 0 Å². The zero-order valence-corrected chi connectivity index (χ0v) is 6.85. The fourth-order valence-electron chi connectivity index (χ4n) is 0.702. The van der Waals surface area contributed by atoms with E-state index in [0.717, 1.165) is 6.26 Å². The first-order chi connectivity index (χ1) is 5.00. The number of benzene rings is 1. The highest BCUT2D eigenvalue weighted by atomic mass is 32.2. The van der Waals surface area contributed by atoms with Gasteiger partial charge in [0.05, 0.1) is 10.6 Å². The molecule has 0 aliphatic heterocycles. The average Bonchev–Trinajstić information content (AvgIpc) is 1.86. The molecule has 0 aromatic heterocycles. The standard InChI is InChI=1S/C7H8NO2S/c1-11(9,10)7-4-2-6(8)3-5-7/h2-5,8H,1H3. The molecular formula is C7H8NO2S. The van der Waals surface area contributed by atoms with Crippen LogP contribution in [0.1, 0.15) is 0 Å². The van der Waals surface area contributed by atoms with Crippen LogP contribution in [-0.2, 0) is 9.84 Å². The van der Waals surface area contributed by atoms with Crippen LogP contribution >= 0.6 is 0 Å².